The molecule has 0 fully saturated rings. The molecule has 0 saturated carbocycles. The number of carbonyl (C=O) groups excluding carboxylic acids is 1. The number of hydrogen-bond donors (Lipinski definition) is 2. The molecule has 0 aliphatic rings. The van der Waals surface area contributed by atoms with Gasteiger partial charge in [0.15, 0.2) is 0 Å². The third-order valence-electron chi connectivity index (χ3n) is 3.67. The van der Waals surface area contributed by atoms with Crippen molar-refractivity contribution in [1.29, 1.82) is 0 Å². The first-order valence-corrected chi connectivity index (χ1v) is 7.76. The highest BCUT2D eigenvalue weighted by Gasteiger charge is 2.19. The molecule has 1 aromatic heterocycles. The van der Waals surface area contributed by atoms with Crippen LogP contribution in [0.25, 0.3) is 0 Å². The van der Waals surface area contributed by atoms with E-state index in [9.17, 15) is 9.18 Å². The minimum absolute atomic E-state index is 0.149. The molecule has 2 N–H and O–H groups in total. The van der Waals surface area contributed by atoms with Crippen LogP contribution in [0.4, 0.5) is 4.39 Å². The number of aryl methyl sites for hydroxylation is 1. The molecule has 24 heavy (non-hydrogen) atoms. The first-order chi connectivity index (χ1) is 11.4. The number of nitrogens with zero attached hydrogens (tertiary/aromatic N) is 3. The highest BCUT2D eigenvalue weighted by Crippen LogP contribution is 2.14. The van der Waals surface area contributed by atoms with E-state index < -0.39 is 6.04 Å². The average molecular weight is 333 g/mol. The molecule has 130 valence electrons. The molecule has 1 heterocycles. The Balaban J connectivity index is 2.02. The second kappa shape index (κ2) is 8.03. The maximum absolute atomic E-state index is 13.8. The number of nitrogens with one attached hydrogen (secondary N) is 2. The minimum atomic E-state index is -0.472. The van der Waals surface area contributed by atoms with Gasteiger partial charge in [0, 0.05) is 37.5 Å². The van der Waals surface area contributed by atoms with Crippen molar-refractivity contribution in [3.63, 3.8) is 0 Å². The normalized spacial score (nSPS) is 12.4. The van der Waals surface area contributed by atoms with Gasteiger partial charge in [-0.2, -0.15) is 5.10 Å². The lowest BCUT2D eigenvalue weighted by molar-refractivity contribution is -0.123. The number of aromatic nitrogens is 2. The molecule has 6 nitrogen and oxygen atoms in total. The number of likely N-dealkylation sites (N-methyl/N-ethyl adjacent to an activating group) is 1. The van der Waals surface area contributed by atoms with E-state index >= 15 is 0 Å². The van der Waals surface area contributed by atoms with Gasteiger partial charge in [-0.25, -0.2) is 4.39 Å². The summed E-state index contributed by atoms with van der Waals surface area (Å²) in [5.74, 6) is -0.383. The third-order valence-corrected chi connectivity index (χ3v) is 3.67. The van der Waals surface area contributed by atoms with Crippen LogP contribution < -0.4 is 10.6 Å². The fourth-order valence-corrected chi connectivity index (χ4v) is 2.53. The standard InChI is InChI=1S/C17H24FN5O/c1-19-16(14-9-21-23(4)11-14)17(24)20-8-12-5-6-15(18)13(7-12)10-22(2)3/h5-7,9,11,16,19H,8,10H2,1-4H3,(H,20,24). The van der Waals surface area contributed by atoms with E-state index in [1.165, 1.54) is 6.07 Å². The van der Waals surface area contributed by atoms with Crippen molar-refractivity contribution in [2.24, 2.45) is 7.05 Å². The number of carbonyl (C=O) groups is 1. The summed E-state index contributed by atoms with van der Waals surface area (Å²) >= 11 is 0. The van der Waals surface area contributed by atoms with Crippen LogP contribution in [0.3, 0.4) is 0 Å². The summed E-state index contributed by atoms with van der Waals surface area (Å²) in [5.41, 5.74) is 2.27. The molecule has 0 aliphatic heterocycles. The molecular formula is C17H24FN5O. The number of hydrogen-bond acceptors (Lipinski definition) is 4. The first kappa shape index (κ1) is 18.1. The molecule has 0 saturated heterocycles. The molecular weight excluding hydrogens is 309 g/mol. The number of rotatable bonds is 7. The highest BCUT2D eigenvalue weighted by molar-refractivity contribution is 5.83. The monoisotopic (exact) mass is 333 g/mol. The Morgan fingerprint density at radius 1 is 1.42 bits per heavy atom. The fraction of sp³-hybridized carbons (Fsp3) is 0.412. The predicted molar refractivity (Wildman–Crippen MR) is 90.6 cm³/mol. The zero-order valence-electron chi connectivity index (χ0n) is 14.5. The molecule has 0 spiro atoms. The second-order valence-corrected chi connectivity index (χ2v) is 6.05. The van der Waals surface area contributed by atoms with Crippen LogP contribution in [0.1, 0.15) is 22.7 Å². The van der Waals surface area contributed by atoms with Gasteiger partial charge in [-0.05, 0) is 38.8 Å². The smallest absolute Gasteiger partial charge is 0.242 e. The Morgan fingerprint density at radius 2 is 2.17 bits per heavy atom. The van der Waals surface area contributed by atoms with Crippen molar-refractivity contribution in [3.05, 3.63) is 53.1 Å². The maximum atomic E-state index is 13.8. The van der Waals surface area contributed by atoms with E-state index in [2.05, 4.69) is 15.7 Å². The Hall–Kier alpha value is -2.25. The van der Waals surface area contributed by atoms with Gasteiger partial charge in [0.2, 0.25) is 5.91 Å². The van der Waals surface area contributed by atoms with Gasteiger partial charge < -0.3 is 15.5 Å². The summed E-state index contributed by atoms with van der Waals surface area (Å²) in [5, 5.41) is 9.95. The summed E-state index contributed by atoms with van der Waals surface area (Å²) < 4.78 is 15.5. The van der Waals surface area contributed by atoms with Crippen LogP contribution in [0.5, 0.6) is 0 Å². The topological polar surface area (TPSA) is 62.2 Å². The van der Waals surface area contributed by atoms with Crippen LogP contribution in [-0.2, 0) is 24.9 Å². The van der Waals surface area contributed by atoms with Crippen molar-refractivity contribution in [2.75, 3.05) is 21.1 Å². The molecule has 1 atom stereocenters. The highest BCUT2D eigenvalue weighted by atomic mass is 19.1. The van der Waals surface area contributed by atoms with E-state index in [1.807, 2.05) is 19.0 Å². The minimum Gasteiger partial charge on any atom is -0.350 e. The Morgan fingerprint density at radius 3 is 2.75 bits per heavy atom. The van der Waals surface area contributed by atoms with Crippen molar-refractivity contribution in [2.45, 2.75) is 19.1 Å². The van der Waals surface area contributed by atoms with Crippen LogP contribution in [0, 0.1) is 5.82 Å². The Kier molecular flexibility index (Phi) is 6.05. The molecule has 1 aromatic carbocycles. The van der Waals surface area contributed by atoms with E-state index in [0.717, 1.165) is 11.1 Å². The summed E-state index contributed by atoms with van der Waals surface area (Å²) in [6.45, 7) is 0.862. The van der Waals surface area contributed by atoms with Crippen molar-refractivity contribution in [3.8, 4) is 0 Å². The van der Waals surface area contributed by atoms with Gasteiger partial charge in [0.25, 0.3) is 0 Å². The molecule has 1 unspecified atom stereocenters. The maximum Gasteiger partial charge on any atom is 0.242 e. The molecule has 2 rings (SSSR count). The fourth-order valence-electron chi connectivity index (χ4n) is 2.53. The second-order valence-electron chi connectivity index (χ2n) is 6.05. The summed E-state index contributed by atoms with van der Waals surface area (Å²) in [7, 11) is 7.31. The van der Waals surface area contributed by atoms with Gasteiger partial charge in [0.1, 0.15) is 11.9 Å². The summed E-state index contributed by atoms with van der Waals surface area (Å²) in [6, 6.07) is 4.44. The predicted octanol–water partition coefficient (Wildman–Crippen LogP) is 1.20. The average Bonchev–Trinajstić information content (AvgIpc) is 2.94. The first-order valence-electron chi connectivity index (χ1n) is 7.76. The molecule has 7 heteroatoms. The van der Waals surface area contributed by atoms with Gasteiger partial charge in [-0.1, -0.05) is 6.07 Å². The van der Waals surface area contributed by atoms with Gasteiger partial charge >= 0.3 is 0 Å². The summed E-state index contributed by atoms with van der Waals surface area (Å²) in [4.78, 5) is 14.3. The SMILES string of the molecule is CNC(C(=O)NCc1ccc(F)c(CN(C)C)c1)c1cnn(C)c1. The van der Waals surface area contributed by atoms with Crippen molar-refractivity contribution in [1.82, 2.24) is 25.3 Å². The van der Waals surface area contributed by atoms with Crippen LogP contribution in [-0.4, -0.2) is 41.7 Å². The lowest BCUT2D eigenvalue weighted by Gasteiger charge is -2.15. The van der Waals surface area contributed by atoms with E-state index in [-0.39, 0.29) is 11.7 Å². The molecule has 1 amide bonds. The molecule has 0 radical (unpaired) electrons. The summed E-state index contributed by atoms with van der Waals surface area (Å²) in [6.07, 6.45) is 3.46. The molecule has 0 aliphatic carbocycles. The zero-order chi connectivity index (χ0) is 17.7. The van der Waals surface area contributed by atoms with E-state index in [1.54, 1.807) is 43.3 Å². The third kappa shape index (κ3) is 4.62. The van der Waals surface area contributed by atoms with Crippen molar-refractivity contribution >= 4 is 5.91 Å². The van der Waals surface area contributed by atoms with E-state index in [4.69, 9.17) is 0 Å². The van der Waals surface area contributed by atoms with Crippen LogP contribution >= 0.6 is 0 Å². The lowest BCUT2D eigenvalue weighted by atomic mass is 10.1. The van der Waals surface area contributed by atoms with Crippen molar-refractivity contribution < 1.29 is 9.18 Å². The van der Waals surface area contributed by atoms with Gasteiger partial charge in [-0.3, -0.25) is 9.48 Å². The quantitative estimate of drug-likeness (QED) is 0.799. The van der Waals surface area contributed by atoms with Gasteiger partial charge in [-0.15, -0.1) is 0 Å². The number of amides is 1. The van der Waals surface area contributed by atoms with Crippen LogP contribution in [0.15, 0.2) is 30.6 Å². The van der Waals surface area contributed by atoms with Crippen LogP contribution in [0.2, 0.25) is 0 Å². The van der Waals surface area contributed by atoms with Gasteiger partial charge in [0.05, 0.1) is 6.20 Å². The lowest BCUT2D eigenvalue weighted by Crippen LogP contribution is -2.35. The number of halogens is 1. The molecule has 0 bridgehead atoms. The van der Waals surface area contributed by atoms with E-state index in [0.29, 0.717) is 18.7 Å². The Bertz CT molecular complexity index is 698. The Labute approximate surface area is 141 Å². The largest absolute Gasteiger partial charge is 0.350 e. The zero-order valence-corrected chi connectivity index (χ0v) is 14.5. The molecule has 2 aromatic rings. The number of benzene rings is 1.